The molecule has 0 aliphatic heterocycles. The first-order valence-corrected chi connectivity index (χ1v) is 7.62. The van der Waals surface area contributed by atoms with Gasteiger partial charge in [0.1, 0.15) is 0 Å². The van der Waals surface area contributed by atoms with Crippen LogP contribution in [0.1, 0.15) is 44.8 Å². The maximum Gasteiger partial charge on any atom is 0.0837 e. The predicted molar refractivity (Wildman–Crippen MR) is 77.9 cm³/mol. The van der Waals surface area contributed by atoms with Gasteiger partial charge >= 0.3 is 0 Å². The SMILES string of the molecule is CC1(C)CCCC1C(O)c1csc2ccccc12. The Labute approximate surface area is 112 Å². The van der Waals surface area contributed by atoms with Crippen LogP contribution < -0.4 is 0 Å². The van der Waals surface area contributed by atoms with Crippen LogP contribution in [0.4, 0.5) is 0 Å². The zero-order valence-electron chi connectivity index (χ0n) is 11.0. The lowest BCUT2D eigenvalue weighted by Gasteiger charge is -2.31. The highest BCUT2D eigenvalue weighted by molar-refractivity contribution is 7.17. The minimum atomic E-state index is -0.307. The van der Waals surface area contributed by atoms with Gasteiger partial charge in [0.25, 0.3) is 0 Å². The Morgan fingerprint density at radius 3 is 2.83 bits per heavy atom. The molecule has 2 unspecified atom stereocenters. The van der Waals surface area contributed by atoms with E-state index in [1.165, 1.54) is 22.9 Å². The first-order chi connectivity index (χ1) is 8.59. The van der Waals surface area contributed by atoms with Crippen LogP contribution in [-0.4, -0.2) is 5.11 Å². The Morgan fingerprint density at radius 2 is 2.11 bits per heavy atom. The van der Waals surface area contributed by atoms with Crippen molar-refractivity contribution in [2.45, 2.75) is 39.2 Å². The number of rotatable bonds is 2. The molecule has 1 aromatic carbocycles. The van der Waals surface area contributed by atoms with Crippen LogP contribution in [0.2, 0.25) is 0 Å². The molecule has 3 rings (SSSR count). The first-order valence-electron chi connectivity index (χ1n) is 6.74. The summed E-state index contributed by atoms with van der Waals surface area (Å²) in [6.45, 7) is 4.59. The molecule has 1 aromatic heterocycles. The van der Waals surface area contributed by atoms with Crippen molar-refractivity contribution in [1.29, 1.82) is 0 Å². The van der Waals surface area contributed by atoms with Crippen molar-refractivity contribution in [1.82, 2.24) is 0 Å². The Morgan fingerprint density at radius 1 is 1.33 bits per heavy atom. The standard InChI is InChI=1S/C16H20OS/c1-16(2)9-5-7-13(16)15(17)12-10-18-14-8-4-3-6-11(12)14/h3-4,6,8,10,13,15,17H,5,7,9H2,1-2H3. The second-order valence-electron chi connectivity index (χ2n) is 6.12. The summed E-state index contributed by atoms with van der Waals surface area (Å²) in [4.78, 5) is 0. The molecule has 0 saturated heterocycles. The molecule has 1 heterocycles. The quantitative estimate of drug-likeness (QED) is 0.825. The van der Waals surface area contributed by atoms with E-state index in [2.05, 4.69) is 43.5 Å². The number of aliphatic hydroxyl groups excluding tert-OH is 1. The van der Waals surface area contributed by atoms with Gasteiger partial charge in [0.05, 0.1) is 6.10 Å². The fraction of sp³-hybridized carbons (Fsp3) is 0.500. The van der Waals surface area contributed by atoms with E-state index in [-0.39, 0.29) is 11.5 Å². The van der Waals surface area contributed by atoms with Crippen LogP contribution in [0.15, 0.2) is 29.6 Å². The van der Waals surface area contributed by atoms with Crippen molar-refractivity contribution in [3.63, 3.8) is 0 Å². The van der Waals surface area contributed by atoms with E-state index >= 15 is 0 Å². The summed E-state index contributed by atoms with van der Waals surface area (Å²) in [7, 11) is 0. The average molecular weight is 260 g/mol. The molecule has 96 valence electrons. The Kier molecular flexibility index (Phi) is 2.95. The maximum absolute atomic E-state index is 10.7. The maximum atomic E-state index is 10.7. The number of hydrogen-bond donors (Lipinski definition) is 1. The number of aliphatic hydroxyl groups is 1. The Balaban J connectivity index is 1.99. The molecule has 0 spiro atoms. The van der Waals surface area contributed by atoms with Crippen LogP contribution in [0.5, 0.6) is 0 Å². The van der Waals surface area contributed by atoms with E-state index in [0.717, 1.165) is 12.0 Å². The fourth-order valence-electron chi connectivity index (χ4n) is 3.38. The van der Waals surface area contributed by atoms with Gasteiger partial charge in [0, 0.05) is 4.70 Å². The van der Waals surface area contributed by atoms with Crippen LogP contribution in [0.25, 0.3) is 10.1 Å². The molecule has 18 heavy (non-hydrogen) atoms. The van der Waals surface area contributed by atoms with Gasteiger partial charge in [-0.3, -0.25) is 0 Å². The predicted octanol–water partition coefficient (Wildman–Crippen LogP) is 4.76. The number of thiophene rings is 1. The first kappa shape index (κ1) is 12.2. The molecule has 0 radical (unpaired) electrons. The molecule has 1 saturated carbocycles. The molecule has 1 fully saturated rings. The van der Waals surface area contributed by atoms with Crippen LogP contribution in [0.3, 0.4) is 0 Å². The zero-order chi connectivity index (χ0) is 12.8. The fourth-order valence-corrected chi connectivity index (χ4v) is 4.37. The third-order valence-electron chi connectivity index (χ3n) is 4.55. The van der Waals surface area contributed by atoms with E-state index in [1.54, 1.807) is 11.3 Å². The van der Waals surface area contributed by atoms with Crippen molar-refractivity contribution in [3.8, 4) is 0 Å². The molecule has 2 aromatic rings. The van der Waals surface area contributed by atoms with E-state index in [1.807, 2.05) is 0 Å². The average Bonchev–Trinajstić information content (AvgIpc) is 2.91. The molecular weight excluding hydrogens is 240 g/mol. The summed E-state index contributed by atoms with van der Waals surface area (Å²) < 4.78 is 1.28. The highest BCUT2D eigenvalue weighted by atomic mass is 32.1. The van der Waals surface area contributed by atoms with Crippen molar-refractivity contribution >= 4 is 21.4 Å². The second kappa shape index (κ2) is 4.36. The summed E-state index contributed by atoms with van der Waals surface area (Å²) in [6.07, 6.45) is 3.32. The highest BCUT2D eigenvalue weighted by Crippen LogP contribution is 2.50. The van der Waals surface area contributed by atoms with Gasteiger partial charge in [-0.15, -0.1) is 11.3 Å². The minimum Gasteiger partial charge on any atom is -0.388 e. The molecule has 1 nitrogen and oxygen atoms in total. The van der Waals surface area contributed by atoms with Crippen molar-refractivity contribution in [2.75, 3.05) is 0 Å². The van der Waals surface area contributed by atoms with Crippen molar-refractivity contribution in [2.24, 2.45) is 11.3 Å². The number of fused-ring (bicyclic) bond motifs is 1. The molecule has 1 N–H and O–H groups in total. The normalized spacial score (nSPS) is 24.5. The molecule has 0 bridgehead atoms. The molecule has 2 heteroatoms. The molecular formula is C16H20OS. The van der Waals surface area contributed by atoms with Crippen LogP contribution in [-0.2, 0) is 0 Å². The number of benzene rings is 1. The molecule has 1 aliphatic carbocycles. The molecule has 1 aliphatic rings. The van der Waals surface area contributed by atoms with Gasteiger partial charge in [0.2, 0.25) is 0 Å². The topological polar surface area (TPSA) is 20.2 Å². The van der Waals surface area contributed by atoms with Crippen LogP contribution in [0, 0.1) is 11.3 Å². The largest absolute Gasteiger partial charge is 0.388 e. The smallest absolute Gasteiger partial charge is 0.0837 e. The summed E-state index contributed by atoms with van der Waals surface area (Å²) >= 11 is 1.74. The van der Waals surface area contributed by atoms with Crippen molar-refractivity contribution < 1.29 is 5.11 Å². The summed E-state index contributed by atoms with van der Waals surface area (Å²) in [5, 5.41) is 14.1. The Hall–Kier alpha value is -0.860. The van der Waals surface area contributed by atoms with Gasteiger partial charge in [0.15, 0.2) is 0 Å². The van der Waals surface area contributed by atoms with Gasteiger partial charge in [-0.2, -0.15) is 0 Å². The summed E-state index contributed by atoms with van der Waals surface area (Å²) in [5.74, 6) is 0.399. The van der Waals surface area contributed by atoms with E-state index < -0.39 is 0 Å². The third kappa shape index (κ3) is 1.88. The lowest BCUT2D eigenvalue weighted by Crippen LogP contribution is -2.23. The van der Waals surface area contributed by atoms with Crippen molar-refractivity contribution in [3.05, 3.63) is 35.2 Å². The summed E-state index contributed by atoms with van der Waals surface area (Å²) in [5.41, 5.74) is 1.40. The third-order valence-corrected chi connectivity index (χ3v) is 5.53. The second-order valence-corrected chi connectivity index (χ2v) is 7.03. The van der Waals surface area contributed by atoms with Gasteiger partial charge in [-0.25, -0.2) is 0 Å². The van der Waals surface area contributed by atoms with E-state index in [4.69, 9.17) is 0 Å². The van der Waals surface area contributed by atoms with Gasteiger partial charge in [-0.05, 0) is 46.6 Å². The molecule has 2 atom stereocenters. The monoisotopic (exact) mass is 260 g/mol. The van der Waals surface area contributed by atoms with Crippen LogP contribution >= 0.6 is 11.3 Å². The van der Waals surface area contributed by atoms with Gasteiger partial charge < -0.3 is 5.11 Å². The van der Waals surface area contributed by atoms with E-state index in [9.17, 15) is 5.11 Å². The zero-order valence-corrected chi connectivity index (χ0v) is 11.8. The lowest BCUT2D eigenvalue weighted by molar-refractivity contribution is 0.0545. The van der Waals surface area contributed by atoms with Gasteiger partial charge in [-0.1, -0.05) is 38.5 Å². The minimum absolute atomic E-state index is 0.266. The molecule has 0 amide bonds. The number of hydrogen-bond acceptors (Lipinski definition) is 2. The summed E-state index contributed by atoms with van der Waals surface area (Å²) in [6, 6.07) is 8.39. The Bertz CT molecular complexity index is 555. The van der Waals surface area contributed by atoms with E-state index in [0.29, 0.717) is 5.92 Å². The highest BCUT2D eigenvalue weighted by Gasteiger charge is 2.39. The lowest BCUT2D eigenvalue weighted by atomic mass is 9.77.